The van der Waals surface area contributed by atoms with Gasteiger partial charge in [-0.3, -0.25) is 0 Å². The predicted octanol–water partition coefficient (Wildman–Crippen LogP) is 5.17. The molecule has 0 aliphatic heterocycles. The largest absolute Gasteiger partial charge is 0.393 e. The highest BCUT2D eigenvalue weighted by Gasteiger charge is 2.16. The minimum Gasteiger partial charge on any atom is -0.393 e. The van der Waals surface area contributed by atoms with Crippen LogP contribution in [0.2, 0.25) is 0 Å². The van der Waals surface area contributed by atoms with Crippen LogP contribution in [0.3, 0.4) is 0 Å². The molecule has 2 nitrogen and oxygen atoms in total. The van der Waals surface area contributed by atoms with Crippen LogP contribution in [0.1, 0.15) is 50.6 Å². The molecular weight excluding hydrogens is 270 g/mol. The standard InChI is InChI=1S/C20H27NO/c1-2-3-6-15-19(22)16-20(17-11-7-4-8-12-17)21-18-13-9-5-10-14-18/h4-5,7-14,19-22H,2-3,6,15-16H2,1H3/t19-,20-/m0/s1. The molecule has 0 fully saturated rings. The summed E-state index contributed by atoms with van der Waals surface area (Å²) in [6.07, 6.45) is 4.85. The average molecular weight is 297 g/mol. The molecule has 0 amide bonds. The zero-order valence-electron chi connectivity index (χ0n) is 13.4. The Hall–Kier alpha value is -1.80. The van der Waals surface area contributed by atoms with E-state index in [1.165, 1.54) is 18.4 Å². The molecule has 0 aliphatic rings. The van der Waals surface area contributed by atoms with Crippen molar-refractivity contribution in [2.75, 3.05) is 5.32 Å². The molecule has 118 valence electrons. The van der Waals surface area contributed by atoms with E-state index in [9.17, 15) is 5.11 Å². The second-order valence-electron chi connectivity index (χ2n) is 5.86. The van der Waals surface area contributed by atoms with E-state index in [0.717, 1.165) is 24.9 Å². The van der Waals surface area contributed by atoms with Crippen LogP contribution in [-0.4, -0.2) is 11.2 Å². The average Bonchev–Trinajstić information content (AvgIpc) is 2.56. The second-order valence-corrected chi connectivity index (χ2v) is 5.86. The van der Waals surface area contributed by atoms with Gasteiger partial charge in [0.1, 0.15) is 0 Å². The summed E-state index contributed by atoms with van der Waals surface area (Å²) in [4.78, 5) is 0. The smallest absolute Gasteiger partial charge is 0.0563 e. The van der Waals surface area contributed by atoms with Crippen LogP contribution < -0.4 is 5.32 Å². The van der Waals surface area contributed by atoms with E-state index in [0.29, 0.717) is 0 Å². The highest BCUT2D eigenvalue weighted by atomic mass is 16.3. The summed E-state index contributed by atoms with van der Waals surface area (Å²) in [7, 11) is 0. The van der Waals surface area contributed by atoms with Crippen molar-refractivity contribution in [1.29, 1.82) is 0 Å². The van der Waals surface area contributed by atoms with Gasteiger partial charge in [0.25, 0.3) is 0 Å². The minimum absolute atomic E-state index is 0.139. The van der Waals surface area contributed by atoms with E-state index in [1.807, 2.05) is 24.3 Å². The number of hydrogen-bond donors (Lipinski definition) is 2. The van der Waals surface area contributed by atoms with Crippen molar-refractivity contribution in [3.63, 3.8) is 0 Å². The number of unbranched alkanes of at least 4 members (excludes halogenated alkanes) is 2. The van der Waals surface area contributed by atoms with Crippen molar-refractivity contribution in [2.24, 2.45) is 0 Å². The number of aliphatic hydroxyl groups is 1. The summed E-state index contributed by atoms with van der Waals surface area (Å²) in [6, 6.07) is 20.7. The van der Waals surface area contributed by atoms with Gasteiger partial charge < -0.3 is 10.4 Å². The number of aliphatic hydroxyl groups excluding tert-OH is 1. The lowest BCUT2D eigenvalue weighted by Gasteiger charge is -2.23. The van der Waals surface area contributed by atoms with Gasteiger partial charge in [-0.25, -0.2) is 0 Å². The first-order chi connectivity index (χ1) is 10.8. The molecule has 0 heterocycles. The Labute approximate surface area is 134 Å². The molecule has 22 heavy (non-hydrogen) atoms. The first-order valence-electron chi connectivity index (χ1n) is 8.34. The first kappa shape index (κ1) is 16.6. The number of para-hydroxylation sites is 1. The lowest BCUT2D eigenvalue weighted by atomic mass is 9.97. The first-order valence-corrected chi connectivity index (χ1v) is 8.34. The van der Waals surface area contributed by atoms with Gasteiger partial charge in [-0.15, -0.1) is 0 Å². The van der Waals surface area contributed by atoms with Gasteiger partial charge in [-0.2, -0.15) is 0 Å². The molecule has 0 saturated carbocycles. The Morgan fingerprint density at radius 1 is 0.909 bits per heavy atom. The Bertz CT molecular complexity index is 512. The Morgan fingerprint density at radius 2 is 1.55 bits per heavy atom. The van der Waals surface area contributed by atoms with Gasteiger partial charge in [0, 0.05) is 5.69 Å². The highest BCUT2D eigenvalue weighted by Crippen LogP contribution is 2.25. The normalized spacial score (nSPS) is 13.5. The molecule has 0 bridgehead atoms. The van der Waals surface area contributed by atoms with Gasteiger partial charge >= 0.3 is 0 Å². The maximum absolute atomic E-state index is 10.3. The van der Waals surface area contributed by atoms with E-state index in [2.05, 4.69) is 48.6 Å². The van der Waals surface area contributed by atoms with E-state index in [4.69, 9.17) is 0 Å². The van der Waals surface area contributed by atoms with Crippen molar-refractivity contribution in [1.82, 2.24) is 0 Å². The Morgan fingerprint density at radius 3 is 2.18 bits per heavy atom. The van der Waals surface area contributed by atoms with Crippen LogP contribution in [0.25, 0.3) is 0 Å². The van der Waals surface area contributed by atoms with Crippen molar-refractivity contribution in [3.8, 4) is 0 Å². The number of rotatable bonds is 9. The summed E-state index contributed by atoms with van der Waals surface area (Å²) in [5.41, 5.74) is 2.32. The fraction of sp³-hybridized carbons (Fsp3) is 0.400. The second kappa shape index (κ2) is 9.26. The minimum atomic E-state index is -0.257. The summed E-state index contributed by atoms with van der Waals surface area (Å²) in [5.74, 6) is 0. The number of benzene rings is 2. The Kier molecular flexibility index (Phi) is 6.98. The third-order valence-electron chi connectivity index (χ3n) is 3.97. The maximum Gasteiger partial charge on any atom is 0.0563 e. The summed E-state index contributed by atoms with van der Waals surface area (Å²) in [6.45, 7) is 2.19. The van der Waals surface area contributed by atoms with Crippen LogP contribution in [0, 0.1) is 0 Å². The molecule has 0 saturated heterocycles. The van der Waals surface area contributed by atoms with Crippen molar-refractivity contribution in [2.45, 2.75) is 51.2 Å². The van der Waals surface area contributed by atoms with Gasteiger partial charge in [0.2, 0.25) is 0 Å². The zero-order chi connectivity index (χ0) is 15.6. The summed E-state index contributed by atoms with van der Waals surface area (Å²) in [5, 5.41) is 13.9. The fourth-order valence-corrected chi connectivity index (χ4v) is 2.72. The zero-order valence-corrected chi connectivity index (χ0v) is 13.4. The third kappa shape index (κ3) is 5.53. The van der Waals surface area contributed by atoms with Gasteiger partial charge in [-0.1, -0.05) is 74.7 Å². The summed E-state index contributed by atoms with van der Waals surface area (Å²) < 4.78 is 0. The molecule has 2 heteroatoms. The van der Waals surface area contributed by atoms with E-state index < -0.39 is 0 Å². The third-order valence-corrected chi connectivity index (χ3v) is 3.97. The maximum atomic E-state index is 10.3. The molecule has 0 unspecified atom stereocenters. The number of anilines is 1. The molecule has 2 rings (SSSR count). The van der Waals surface area contributed by atoms with Gasteiger partial charge in [-0.05, 0) is 30.5 Å². The molecule has 0 aliphatic carbocycles. The van der Waals surface area contributed by atoms with Crippen molar-refractivity contribution >= 4 is 5.69 Å². The molecule has 2 aromatic rings. The van der Waals surface area contributed by atoms with Crippen LogP contribution in [-0.2, 0) is 0 Å². The predicted molar refractivity (Wildman–Crippen MR) is 94.0 cm³/mol. The lowest BCUT2D eigenvalue weighted by molar-refractivity contribution is 0.145. The molecule has 0 aromatic heterocycles. The molecular formula is C20H27NO. The van der Waals surface area contributed by atoms with Crippen molar-refractivity contribution < 1.29 is 5.11 Å². The molecule has 2 aromatic carbocycles. The summed E-state index contributed by atoms with van der Waals surface area (Å²) >= 11 is 0. The SMILES string of the molecule is CCCCC[C@H](O)C[C@H](Nc1ccccc1)c1ccccc1. The van der Waals surface area contributed by atoms with E-state index in [-0.39, 0.29) is 12.1 Å². The van der Waals surface area contributed by atoms with Crippen LogP contribution >= 0.6 is 0 Å². The van der Waals surface area contributed by atoms with E-state index >= 15 is 0 Å². The highest BCUT2D eigenvalue weighted by molar-refractivity contribution is 5.45. The lowest BCUT2D eigenvalue weighted by Crippen LogP contribution is -2.18. The van der Waals surface area contributed by atoms with Gasteiger partial charge in [0.05, 0.1) is 12.1 Å². The van der Waals surface area contributed by atoms with Crippen LogP contribution in [0.5, 0.6) is 0 Å². The molecule has 0 radical (unpaired) electrons. The van der Waals surface area contributed by atoms with Crippen molar-refractivity contribution in [3.05, 3.63) is 66.2 Å². The van der Waals surface area contributed by atoms with Crippen LogP contribution in [0.4, 0.5) is 5.69 Å². The van der Waals surface area contributed by atoms with E-state index in [1.54, 1.807) is 0 Å². The van der Waals surface area contributed by atoms with Gasteiger partial charge in [0.15, 0.2) is 0 Å². The molecule has 2 atom stereocenters. The quantitative estimate of drug-likeness (QED) is 0.626. The fourth-order valence-electron chi connectivity index (χ4n) is 2.72. The monoisotopic (exact) mass is 297 g/mol. The van der Waals surface area contributed by atoms with Crippen LogP contribution in [0.15, 0.2) is 60.7 Å². The molecule has 0 spiro atoms. The topological polar surface area (TPSA) is 32.3 Å². The number of nitrogens with one attached hydrogen (secondary N) is 1. The number of hydrogen-bond acceptors (Lipinski definition) is 2. The Balaban J connectivity index is 2.02. The molecule has 2 N–H and O–H groups in total.